The summed E-state index contributed by atoms with van der Waals surface area (Å²) >= 11 is 3.31. The fraction of sp³-hybridized carbons (Fsp3) is 0.500. The zero-order valence-electron chi connectivity index (χ0n) is 10.8. The van der Waals surface area contributed by atoms with Gasteiger partial charge in [-0.25, -0.2) is 4.68 Å². The van der Waals surface area contributed by atoms with Crippen LogP contribution in [0.25, 0.3) is 11.5 Å². The molecule has 102 valence electrons. The summed E-state index contributed by atoms with van der Waals surface area (Å²) in [4.78, 5) is 0. The van der Waals surface area contributed by atoms with Gasteiger partial charge < -0.3 is 10.2 Å². The van der Waals surface area contributed by atoms with Gasteiger partial charge in [0, 0.05) is 6.07 Å². The minimum atomic E-state index is 0.439. The first-order valence-electron chi connectivity index (χ1n) is 6.85. The molecule has 0 spiro atoms. The number of furan rings is 1. The molecule has 0 bridgehead atoms. The zero-order valence-corrected chi connectivity index (χ0v) is 12.4. The molecule has 0 radical (unpaired) electrons. The molecule has 19 heavy (non-hydrogen) atoms. The molecule has 0 saturated heterocycles. The lowest BCUT2D eigenvalue weighted by Crippen LogP contribution is -2.12. The molecule has 4 nitrogen and oxygen atoms in total. The SMILES string of the molecule is Nc1cc(-c2ccc(Br)o2)nn1C1CCCCCC1. The van der Waals surface area contributed by atoms with Crippen molar-refractivity contribution < 1.29 is 4.42 Å². The third kappa shape index (κ3) is 2.71. The number of hydrogen-bond donors (Lipinski definition) is 1. The van der Waals surface area contributed by atoms with Gasteiger partial charge >= 0.3 is 0 Å². The zero-order chi connectivity index (χ0) is 13.2. The maximum absolute atomic E-state index is 6.11. The first-order chi connectivity index (χ1) is 9.24. The number of rotatable bonds is 2. The first-order valence-corrected chi connectivity index (χ1v) is 7.64. The van der Waals surface area contributed by atoms with Crippen LogP contribution < -0.4 is 5.73 Å². The molecule has 1 aliphatic carbocycles. The fourth-order valence-electron chi connectivity index (χ4n) is 2.78. The van der Waals surface area contributed by atoms with E-state index in [9.17, 15) is 0 Å². The van der Waals surface area contributed by atoms with Crippen molar-refractivity contribution in [2.75, 3.05) is 5.73 Å². The predicted molar refractivity (Wildman–Crippen MR) is 78.8 cm³/mol. The Kier molecular flexibility index (Phi) is 3.64. The van der Waals surface area contributed by atoms with Crippen LogP contribution in [0.1, 0.15) is 44.6 Å². The Morgan fingerprint density at radius 1 is 1.21 bits per heavy atom. The summed E-state index contributed by atoms with van der Waals surface area (Å²) < 4.78 is 8.23. The van der Waals surface area contributed by atoms with E-state index in [4.69, 9.17) is 10.2 Å². The van der Waals surface area contributed by atoms with Gasteiger partial charge in [-0.05, 0) is 40.9 Å². The van der Waals surface area contributed by atoms with Crippen molar-refractivity contribution >= 4 is 21.7 Å². The van der Waals surface area contributed by atoms with Crippen molar-refractivity contribution in [3.05, 3.63) is 22.9 Å². The second-order valence-corrected chi connectivity index (χ2v) is 5.93. The van der Waals surface area contributed by atoms with Crippen LogP contribution in [0, 0.1) is 0 Å². The summed E-state index contributed by atoms with van der Waals surface area (Å²) in [6.45, 7) is 0. The second kappa shape index (κ2) is 5.41. The van der Waals surface area contributed by atoms with Crippen LogP contribution in [0.5, 0.6) is 0 Å². The Labute approximate surface area is 121 Å². The van der Waals surface area contributed by atoms with Gasteiger partial charge in [0.2, 0.25) is 0 Å². The van der Waals surface area contributed by atoms with E-state index >= 15 is 0 Å². The average Bonchev–Trinajstić information content (AvgIpc) is 2.87. The van der Waals surface area contributed by atoms with E-state index in [1.54, 1.807) is 0 Å². The summed E-state index contributed by atoms with van der Waals surface area (Å²) in [6.07, 6.45) is 7.54. The third-order valence-electron chi connectivity index (χ3n) is 3.76. The fourth-order valence-corrected chi connectivity index (χ4v) is 3.08. The first kappa shape index (κ1) is 12.8. The van der Waals surface area contributed by atoms with Crippen LogP contribution in [-0.2, 0) is 0 Å². The molecule has 2 N–H and O–H groups in total. The minimum Gasteiger partial charge on any atom is -0.448 e. The quantitative estimate of drug-likeness (QED) is 0.834. The third-order valence-corrected chi connectivity index (χ3v) is 4.19. The highest BCUT2D eigenvalue weighted by Gasteiger charge is 2.19. The van der Waals surface area contributed by atoms with Gasteiger partial charge in [0.15, 0.2) is 10.4 Å². The van der Waals surface area contributed by atoms with E-state index in [2.05, 4.69) is 21.0 Å². The van der Waals surface area contributed by atoms with Crippen LogP contribution in [0.4, 0.5) is 5.82 Å². The van der Waals surface area contributed by atoms with Crippen molar-refractivity contribution in [2.45, 2.75) is 44.6 Å². The highest BCUT2D eigenvalue weighted by molar-refractivity contribution is 9.10. The Bertz CT molecular complexity index is 553. The topological polar surface area (TPSA) is 57.0 Å². The van der Waals surface area contributed by atoms with Crippen LogP contribution >= 0.6 is 15.9 Å². The molecular weight excluding hydrogens is 306 g/mol. The normalized spacial score (nSPS) is 17.5. The molecule has 1 saturated carbocycles. The van der Waals surface area contributed by atoms with Gasteiger partial charge in [0.1, 0.15) is 11.5 Å². The molecule has 0 aliphatic heterocycles. The smallest absolute Gasteiger partial charge is 0.169 e. The van der Waals surface area contributed by atoms with Gasteiger partial charge in [-0.15, -0.1) is 0 Å². The van der Waals surface area contributed by atoms with E-state index < -0.39 is 0 Å². The van der Waals surface area contributed by atoms with Crippen LogP contribution in [-0.4, -0.2) is 9.78 Å². The molecular formula is C14H18BrN3O. The lowest BCUT2D eigenvalue weighted by molar-refractivity contribution is 0.411. The summed E-state index contributed by atoms with van der Waals surface area (Å²) in [5.74, 6) is 1.49. The highest BCUT2D eigenvalue weighted by Crippen LogP contribution is 2.31. The van der Waals surface area contributed by atoms with Gasteiger partial charge in [0.25, 0.3) is 0 Å². The van der Waals surface area contributed by atoms with E-state index in [-0.39, 0.29) is 0 Å². The molecule has 2 aromatic heterocycles. The van der Waals surface area contributed by atoms with E-state index in [0.717, 1.165) is 17.3 Å². The lowest BCUT2D eigenvalue weighted by Gasteiger charge is -2.15. The molecule has 2 aromatic rings. The van der Waals surface area contributed by atoms with Crippen LogP contribution in [0.2, 0.25) is 0 Å². The lowest BCUT2D eigenvalue weighted by atomic mass is 10.1. The van der Waals surface area contributed by atoms with Crippen molar-refractivity contribution in [1.82, 2.24) is 9.78 Å². The Morgan fingerprint density at radius 2 is 1.95 bits per heavy atom. The average molecular weight is 324 g/mol. The summed E-state index contributed by atoms with van der Waals surface area (Å²) in [6, 6.07) is 6.12. The monoisotopic (exact) mass is 323 g/mol. The molecule has 0 aromatic carbocycles. The number of nitrogens with two attached hydrogens (primary N) is 1. The van der Waals surface area contributed by atoms with Gasteiger partial charge in [-0.3, -0.25) is 0 Å². The van der Waals surface area contributed by atoms with E-state index in [1.165, 1.54) is 38.5 Å². The predicted octanol–water partition coefficient (Wildman–Crippen LogP) is 4.38. The number of hydrogen-bond acceptors (Lipinski definition) is 3. The van der Waals surface area contributed by atoms with Gasteiger partial charge in [0.05, 0.1) is 6.04 Å². The van der Waals surface area contributed by atoms with Crippen molar-refractivity contribution in [3.8, 4) is 11.5 Å². The molecule has 0 atom stereocenters. The highest BCUT2D eigenvalue weighted by atomic mass is 79.9. The number of nitrogens with zero attached hydrogens (tertiary/aromatic N) is 2. The number of halogens is 1. The number of anilines is 1. The van der Waals surface area contributed by atoms with Gasteiger partial charge in [-0.1, -0.05) is 25.7 Å². The van der Waals surface area contributed by atoms with Crippen molar-refractivity contribution in [2.24, 2.45) is 0 Å². The van der Waals surface area contributed by atoms with Crippen LogP contribution in [0.3, 0.4) is 0 Å². The van der Waals surface area contributed by atoms with Gasteiger partial charge in [-0.2, -0.15) is 5.10 Å². The second-order valence-electron chi connectivity index (χ2n) is 5.15. The molecule has 1 fully saturated rings. The maximum Gasteiger partial charge on any atom is 0.169 e. The summed E-state index contributed by atoms with van der Waals surface area (Å²) in [5.41, 5.74) is 6.93. The molecule has 5 heteroatoms. The molecule has 0 amide bonds. The van der Waals surface area contributed by atoms with E-state index in [0.29, 0.717) is 10.7 Å². The number of nitrogen functional groups attached to an aromatic ring is 1. The molecule has 1 aliphatic rings. The number of aromatic nitrogens is 2. The molecule has 0 unspecified atom stereocenters. The van der Waals surface area contributed by atoms with E-state index in [1.807, 2.05) is 22.9 Å². The minimum absolute atomic E-state index is 0.439. The summed E-state index contributed by atoms with van der Waals surface area (Å²) in [5, 5.41) is 4.64. The summed E-state index contributed by atoms with van der Waals surface area (Å²) in [7, 11) is 0. The Balaban J connectivity index is 1.88. The Morgan fingerprint density at radius 3 is 2.58 bits per heavy atom. The standard InChI is InChI=1S/C14H18BrN3O/c15-13-8-7-12(19-13)11-9-14(16)18(17-11)10-5-3-1-2-4-6-10/h7-10H,1-6,16H2. The molecule has 2 heterocycles. The Hall–Kier alpha value is -1.23. The van der Waals surface area contributed by atoms with Crippen molar-refractivity contribution in [3.63, 3.8) is 0 Å². The largest absolute Gasteiger partial charge is 0.448 e. The van der Waals surface area contributed by atoms with Crippen molar-refractivity contribution in [1.29, 1.82) is 0 Å². The molecule has 3 rings (SSSR count). The van der Waals surface area contributed by atoms with Crippen LogP contribution in [0.15, 0.2) is 27.3 Å². The maximum atomic E-state index is 6.11.